The Morgan fingerprint density at radius 1 is 0.900 bits per heavy atom. The van der Waals surface area contributed by atoms with Crippen molar-refractivity contribution < 1.29 is 9.90 Å². The van der Waals surface area contributed by atoms with Gasteiger partial charge in [0.25, 0.3) is 0 Å². The highest BCUT2D eigenvalue weighted by Gasteiger charge is 2.52. The van der Waals surface area contributed by atoms with E-state index < -0.39 is 11.1 Å². The van der Waals surface area contributed by atoms with E-state index in [1.165, 1.54) is 0 Å². The maximum absolute atomic E-state index is 12.9. The van der Waals surface area contributed by atoms with E-state index in [0.29, 0.717) is 6.67 Å². The van der Waals surface area contributed by atoms with E-state index in [0.717, 1.165) is 62.9 Å². The first-order chi connectivity index (χ1) is 14.6. The predicted octanol–water partition coefficient (Wildman–Crippen LogP) is 3.25. The van der Waals surface area contributed by atoms with Gasteiger partial charge in [0.2, 0.25) is 5.91 Å². The highest BCUT2D eigenvalue weighted by molar-refractivity contribution is 5.93. The van der Waals surface area contributed by atoms with Crippen LogP contribution in [-0.2, 0) is 10.4 Å². The second kappa shape index (κ2) is 7.71. The third-order valence-electron chi connectivity index (χ3n) is 7.58. The zero-order valence-corrected chi connectivity index (χ0v) is 17.5. The number of likely N-dealkylation sites (tertiary alicyclic amines) is 1. The van der Waals surface area contributed by atoms with Gasteiger partial charge in [-0.1, -0.05) is 61.4 Å². The van der Waals surface area contributed by atoms with Crippen molar-refractivity contribution in [1.29, 1.82) is 0 Å². The van der Waals surface area contributed by atoms with Crippen LogP contribution in [0, 0.1) is 0 Å². The average Bonchev–Trinajstić information content (AvgIpc) is 3.11. The zero-order chi connectivity index (χ0) is 20.6. The summed E-state index contributed by atoms with van der Waals surface area (Å²) in [6, 6.07) is 20.5. The van der Waals surface area contributed by atoms with Gasteiger partial charge in [0, 0.05) is 24.8 Å². The molecule has 1 saturated carbocycles. The van der Waals surface area contributed by atoms with Crippen LogP contribution in [-0.4, -0.2) is 47.3 Å². The van der Waals surface area contributed by atoms with Crippen LogP contribution in [0.2, 0.25) is 0 Å². The monoisotopic (exact) mass is 405 g/mol. The molecule has 30 heavy (non-hydrogen) atoms. The minimum Gasteiger partial charge on any atom is -0.384 e. The number of carbonyl (C=O) groups is 1. The second-order valence-electron chi connectivity index (χ2n) is 9.05. The SMILES string of the molecule is O=C1NCN(c2ccccc2)C12CCN([C@H]1CCCC[C@]1(O)c1ccccc1)CC2. The van der Waals surface area contributed by atoms with E-state index in [-0.39, 0.29) is 11.9 Å². The van der Waals surface area contributed by atoms with Gasteiger partial charge in [0.15, 0.2) is 0 Å². The van der Waals surface area contributed by atoms with Crippen LogP contribution in [0.1, 0.15) is 44.1 Å². The number of carbonyl (C=O) groups excluding carboxylic acids is 1. The maximum atomic E-state index is 12.9. The van der Waals surface area contributed by atoms with Crippen molar-refractivity contribution in [2.75, 3.05) is 24.7 Å². The van der Waals surface area contributed by atoms with Crippen LogP contribution < -0.4 is 10.2 Å². The Labute approximate surface area is 178 Å². The summed E-state index contributed by atoms with van der Waals surface area (Å²) in [5.41, 5.74) is 0.848. The lowest BCUT2D eigenvalue weighted by Crippen LogP contribution is -2.61. The summed E-state index contributed by atoms with van der Waals surface area (Å²) in [5.74, 6) is 0.146. The molecule has 1 amide bonds. The largest absolute Gasteiger partial charge is 0.384 e. The number of piperidine rings is 1. The van der Waals surface area contributed by atoms with Crippen LogP contribution in [0.25, 0.3) is 0 Å². The fraction of sp³-hybridized carbons (Fsp3) is 0.480. The lowest BCUT2D eigenvalue weighted by atomic mass is 9.73. The Bertz CT molecular complexity index is 880. The normalized spacial score (nSPS) is 29.2. The molecule has 1 spiro atoms. The summed E-state index contributed by atoms with van der Waals surface area (Å²) in [5, 5.41) is 14.8. The molecule has 0 radical (unpaired) electrons. The molecular weight excluding hydrogens is 374 g/mol. The van der Waals surface area contributed by atoms with E-state index in [1.807, 2.05) is 36.4 Å². The summed E-state index contributed by atoms with van der Waals surface area (Å²) in [6.07, 6.45) is 5.60. The molecule has 158 valence electrons. The Morgan fingerprint density at radius 2 is 1.57 bits per heavy atom. The molecule has 1 aliphatic carbocycles. The van der Waals surface area contributed by atoms with Crippen LogP contribution in [0.3, 0.4) is 0 Å². The van der Waals surface area contributed by atoms with Crippen molar-refractivity contribution in [2.24, 2.45) is 0 Å². The summed E-state index contributed by atoms with van der Waals surface area (Å²) in [7, 11) is 0. The number of hydrogen-bond donors (Lipinski definition) is 2. The quantitative estimate of drug-likeness (QED) is 0.823. The van der Waals surface area contributed by atoms with E-state index >= 15 is 0 Å². The zero-order valence-electron chi connectivity index (χ0n) is 17.5. The molecule has 0 unspecified atom stereocenters. The Hall–Kier alpha value is -2.37. The molecule has 5 nitrogen and oxygen atoms in total. The number of rotatable bonds is 3. The van der Waals surface area contributed by atoms with Gasteiger partial charge in [0.1, 0.15) is 11.1 Å². The maximum Gasteiger partial charge on any atom is 0.247 e. The Kier molecular flexibility index (Phi) is 5.03. The first-order valence-corrected chi connectivity index (χ1v) is 11.3. The number of anilines is 1. The smallest absolute Gasteiger partial charge is 0.247 e. The van der Waals surface area contributed by atoms with E-state index in [4.69, 9.17) is 0 Å². The second-order valence-corrected chi connectivity index (χ2v) is 9.05. The number of nitrogens with zero attached hydrogens (tertiary/aromatic N) is 2. The van der Waals surface area contributed by atoms with Crippen molar-refractivity contribution in [2.45, 2.75) is 55.7 Å². The van der Waals surface area contributed by atoms with Crippen molar-refractivity contribution >= 4 is 11.6 Å². The van der Waals surface area contributed by atoms with Gasteiger partial charge in [-0.3, -0.25) is 9.69 Å². The molecule has 2 heterocycles. The summed E-state index contributed by atoms with van der Waals surface area (Å²) in [6.45, 7) is 2.23. The number of amides is 1. The highest BCUT2D eigenvalue weighted by Crippen LogP contribution is 2.43. The van der Waals surface area contributed by atoms with Crippen molar-refractivity contribution in [3.8, 4) is 0 Å². The third kappa shape index (κ3) is 3.12. The topological polar surface area (TPSA) is 55.8 Å². The molecule has 2 N–H and O–H groups in total. The lowest BCUT2D eigenvalue weighted by molar-refractivity contribution is -0.127. The van der Waals surface area contributed by atoms with Crippen LogP contribution in [0.15, 0.2) is 60.7 Å². The highest BCUT2D eigenvalue weighted by atomic mass is 16.3. The summed E-state index contributed by atoms with van der Waals surface area (Å²) >= 11 is 0. The van der Waals surface area contributed by atoms with Gasteiger partial charge in [-0.15, -0.1) is 0 Å². The number of para-hydroxylation sites is 1. The molecular formula is C25H31N3O2. The fourth-order valence-electron chi connectivity index (χ4n) is 5.92. The molecule has 3 aliphatic rings. The molecule has 3 fully saturated rings. The first-order valence-electron chi connectivity index (χ1n) is 11.3. The molecule has 2 saturated heterocycles. The molecule has 2 aliphatic heterocycles. The number of hydrogen-bond acceptors (Lipinski definition) is 4. The van der Waals surface area contributed by atoms with Gasteiger partial charge in [-0.2, -0.15) is 0 Å². The van der Waals surface area contributed by atoms with E-state index in [2.05, 4.69) is 39.4 Å². The summed E-state index contributed by atoms with van der Waals surface area (Å²) in [4.78, 5) is 17.6. The van der Waals surface area contributed by atoms with E-state index in [1.54, 1.807) is 0 Å². The summed E-state index contributed by atoms with van der Waals surface area (Å²) < 4.78 is 0. The molecule has 2 aromatic rings. The van der Waals surface area contributed by atoms with Gasteiger partial charge >= 0.3 is 0 Å². The fourth-order valence-corrected chi connectivity index (χ4v) is 5.92. The average molecular weight is 406 g/mol. The van der Waals surface area contributed by atoms with Gasteiger partial charge in [-0.05, 0) is 43.4 Å². The van der Waals surface area contributed by atoms with Crippen LogP contribution in [0.4, 0.5) is 5.69 Å². The minimum absolute atomic E-state index is 0.112. The number of benzene rings is 2. The van der Waals surface area contributed by atoms with Gasteiger partial charge in [-0.25, -0.2) is 0 Å². The van der Waals surface area contributed by atoms with Crippen molar-refractivity contribution in [1.82, 2.24) is 10.2 Å². The minimum atomic E-state index is -0.804. The molecule has 5 rings (SSSR count). The molecule has 5 heteroatoms. The molecule has 0 aromatic heterocycles. The molecule has 2 aromatic carbocycles. The lowest BCUT2D eigenvalue weighted by Gasteiger charge is -2.51. The van der Waals surface area contributed by atoms with Gasteiger partial charge in [0.05, 0.1) is 6.67 Å². The van der Waals surface area contributed by atoms with Crippen molar-refractivity contribution in [3.05, 3.63) is 66.2 Å². The number of aliphatic hydroxyl groups is 1. The standard InChI is InChI=1S/C25H31N3O2/c29-23-24(28(19-26-23)21-11-5-2-6-12-21)15-17-27(18-16-24)22-13-7-8-14-25(22,30)20-9-3-1-4-10-20/h1-6,9-12,22,30H,7-8,13-19H2,(H,26,29)/t22-,25-/m0/s1. The number of nitrogens with one attached hydrogen (secondary N) is 1. The first kappa shape index (κ1) is 19.6. The van der Waals surface area contributed by atoms with Crippen molar-refractivity contribution in [3.63, 3.8) is 0 Å². The van der Waals surface area contributed by atoms with Crippen LogP contribution >= 0.6 is 0 Å². The molecule has 2 atom stereocenters. The molecule has 0 bridgehead atoms. The Morgan fingerprint density at radius 3 is 2.27 bits per heavy atom. The third-order valence-corrected chi connectivity index (χ3v) is 7.58. The Balaban J connectivity index is 1.38. The van der Waals surface area contributed by atoms with Crippen LogP contribution in [0.5, 0.6) is 0 Å². The predicted molar refractivity (Wildman–Crippen MR) is 118 cm³/mol. The van der Waals surface area contributed by atoms with Gasteiger partial charge < -0.3 is 15.3 Å². The van der Waals surface area contributed by atoms with E-state index in [9.17, 15) is 9.90 Å².